The Morgan fingerprint density at radius 2 is 1.83 bits per heavy atom. The van der Waals surface area contributed by atoms with Crippen LogP contribution in [0.4, 0.5) is 0 Å². The lowest BCUT2D eigenvalue weighted by Crippen LogP contribution is -1.89. The maximum absolute atomic E-state index is 5.75. The zero-order valence-corrected chi connectivity index (χ0v) is 9.53. The molecule has 1 rings (SSSR count). The maximum Gasteiger partial charge on any atom is 0.0406 e. The second kappa shape index (κ2) is 5.11. The van der Waals surface area contributed by atoms with Gasteiger partial charge in [-0.1, -0.05) is 39.7 Å². The van der Waals surface area contributed by atoms with Gasteiger partial charge in [-0.05, 0) is 24.1 Å². The van der Waals surface area contributed by atoms with Gasteiger partial charge < -0.3 is 0 Å². The van der Waals surface area contributed by atoms with Crippen LogP contribution in [0.2, 0.25) is 5.02 Å². The van der Waals surface area contributed by atoms with Gasteiger partial charge in [-0.2, -0.15) is 0 Å². The Hall–Kier alpha value is 0.280. The third kappa shape index (κ3) is 2.96. The molecule has 0 N–H and O–H groups in total. The number of rotatable bonds is 3. The van der Waals surface area contributed by atoms with Crippen molar-refractivity contribution in [2.75, 3.05) is 5.88 Å². The van der Waals surface area contributed by atoms with E-state index in [0.717, 1.165) is 11.4 Å². The summed E-state index contributed by atoms with van der Waals surface area (Å²) in [6.07, 6.45) is 0.934. The largest absolute Gasteiger partial charge is 0.127 e. The summed E-state index contributed by atoms with van der Waals surface area (Å²) in [4.78, 5) is 0.340. The van der Waals surface area contributed by atoms with Gasteiger partial charge in [0.15, 0.2) is 0 Å². The van der Waals surface area contributed by atoms with E-state index in [2.05, 4.69) is 15.9 Å². The minimum absolute atomic E-state index is 0.340. The number of hydrogen-bond donors (Lipinski definition) is 0. The molecule has 0 aliphatic rings. The first-order valence-corrected chi connectivity index (χ1v) is 5.52. The molecule has 1 aromatic carbocycles. The van der Waals surface area contributed by atoms with Crippen molar-refractivity contribution in [3.63, 3.8) is 0 Å². The molecule has 1 aromatic rings. The minimum atomic E-state index is 0.340. The lowest BCUT2D eigenvalue weighted by atomic mass is 10.1. The molecule has 0 unspecified atom stereocenters. The smallest absolute Gasteiger partial charge is 0.0406 e. The molecule has 1 atom stereocenters. The summed E-state index contributed by atoms with van der Waals surface area (Å²) in [5, 5.41) is 0.768. The lowest BCUT2D eigenvalue weighted by Gasteiger charge is -2.07. The molecule has 0 amide bonds. The average Bonchev–Trinajstić information content (AvgIpc) is 2.06. The van der Waals surface area contributed by atoms with E-state index in [9.17, 15) is 0 Å². The van der Waals surface area contributed by atoms with Gasteiger partial charge in [0.25, 0.3) is 0 Å². The van der Waals surface area contributed by atoms with E-state index in [1.807, 2.05) is 24.3 Å². The fourth-order valence-electron chi connectivity index (χ4n) is 0.934. The van der Waals surface area contributed by atoms with Crippen LogP contribution in [0.1, 0.15) is 16.8 Å². The maximum atomic E-state index is 5.75. The number of halogens is 3. The zero-order valence-electron chi connectivity index (χ0n) is 6.43. The first-order valence-electron chi connectivity index (χ1n) is 3.69. The molecule has 0 aromatic heterocycles. The monoisotopic (exact) mass is 266 g/mol. The highest BCUT2D eigenvalue weighted by Gasteiger charge is 2.05. The van der Waals surface area contributed by atoms with Crippen LogP contribution in [0.15, 0.2) is 24.3 Å². The topological polar surface area (TPSA) is 0 Å². The van der Waals surface area contributed by atoms with Crippen LogP contribution in [-0.4, -0.2) is 5.88 Å². The third-order valence-electron chi connectivity index (χ3n) is 1.59. The van der Waals surface area contributed by atoms with Crippen LogP contribution >= 0.6 is 39.1 Å². The van der Waals surface area contributed by atoms with Gasteiger partial charge in [0.1, 0.15) is 0 Å². The Morgan fingerprint density at radius 3 is 2.33 bits per heavy atom. The van der Waals surface area contributed by atoms with E-state index >= 15 is 0 Å². The van der Waals surface area contributed by atoms with Crippen molar-refractivity contribution in [2.45, 2.75) is 11.2 Å². The van der Waals surface area contributed by atoms with Crippen molar-refractivity contribution < 1.29 is 0 Å². The normalized spacial score (nSPS) is 12.9. The van der Waals surface area contributed by atoms with Crippen molar-refractivity contribution in [3.8, 4) is 0 Å². The van der Waals surface area contributed by atoms with E-state index < -0.39 is 0 Å². The first-order chi connectivity index (χ1) is 5.74. The van der Waals surface area contributed by atoms with Gasteiger partial charge in [-0.3, -0.25) is 0 Å². The molecule has 0 heterocycles. The number of alkyl halides is 2. The minimum Gasteiger partial charge on any atom is -0.127 e. The molecule has 66 valence electrons. The van der Waals surface area contributed by atoms with Crippen LogP contribution < -0.4 is 0 Å². The van der Waals surface area contributed by atoms with Crippen LogP contribution in [0.25, 0.3) is 0 Å². The predicted octanol–water partition coefficient (Wildman–Crippen LogP) is 4.40. The van der Waals surface area contributed by atoms with Gasteiger partial charge >= 0.3 is 0 Å². The van der Waals surface area contributed by atoms with Gasteiger partial charge in [0.2, 0.25) is 0 Å². The molecule has 0 fully saturated rings. The highest BCUT2D eigenvalue weighted by Crippen LogP contribution is 2.27. The molecule has 3 heteroatoms. The lowest BCUT2D eigenvalue weighted by molar-refractivity contribution is 0.918. The third-order valence-corrected chi connectivity index (χ3v) is 3.05. The standard InChI is InChI=1S/C9H9BrCl2/c10-9(5-6-11)7-1-3-8(12)4-2-7/h1-4,9H,5-6H2/t9-/m1/s1. The summed E-state index contributed by atoms with van der Waals surface area (Å²) in [6.45, 7) is 0. The van der Waals surface area contributed by atoms with Crippen molar-refractivity contribution in [3.05, 3.63) is 34.9 Å². The van der Waals surface area contributed by atoms with Gasteiger partial charge in [-0.15, -0.1) is 11.6 Å². The Balaban J connectivity index is 2.68. The molecule has 0 aliphatic carbocycles. The van der Waals surface area contributed by atoms with Crippen molar-refractivity contribution >= 4 is 39.1 Å². The van der Waals surface area contributed by atoms with Crippen molar-refractivity contribution in [1.29, 1.82) is 0 Å². The molecule has 0 saturated carbocycles. The summed E-state index contributed by atoms with van der Waals surface area (Å²) in [7, 11) is 0. The van der Waals surface area contributed by atoms with E-state index in [0.29, 0.717) is 10.7 Å². The Bertz CT molecular complexity index is 233. The zero-order chi connectivity index (χ0) is 8.97. The van der Waals surface area contributed by atoms with E-state index in [4.69, 9.17) is 23.2 Å². The van der Waals surface area contributed by atoms with Crippen molar-refractivity contribution in [2.24, 2.45) is 0 Å². The number of hydrogen-bond acceptors (Lipinski definition) is 0. The Kier molecular flexibility index (Phi) is 4.41. The van der Waals surface area contributed by atoms with E-state index in [1.54, 1.807) is 0 Å². The quantitative estimate of drug-likeness (QED) is 0.712. The molecule has 0 aliphatic heterocycles. The highest BCUT2D eigenvalue weighted by molar-refractivity contribution is 9.09. The first kappa shape index (κ1) is 10.4. The predicted molar refractivity (Wildman–Crippen MR) is 58.5 cm³/mol. The second-order valence-electron chi connectivity index (χ2n) is 2.50. The van der Waals surface area contributed by atoms with Gasteiger partial charge in [-0.25, -0.2) is 0 Å². The molecular formula is C9H9BrCl2. The fraction of sp³-hybridized carbons (Fsp3) is 0.333. The molecule has 0 bridgehead atoms. The highest BCUT2D eigenvalue weighted by atomic mass is 79.9. The molecule has 0 spiro atoms. The van der Waals surface area contributed by atoms with Crippen LogP contribution in [0.3, 0.4) is 0 Å². The molecule has 0 nitrogen and oxygen atoms in total. The molecule has 12 heavy (non-hydrogen) atoms. The number of benzene rings is 1. The molecular weight excluding hydrogens is 259 g/mol. The second-order valence-corrected chi connectivity index (χ2v) is 4.42. The van der Waals surface area contributed by atoms with Crippen LogP contribution in [-0.2, 0) is 0 Å². The van der Waals surface area contributed by atoms with Crippen LogP contribution in [0, 0.1) is 0 Å². The Labute approximate surface area is 91.0 Å². The summed E-state index contributed by atoms with van der Waals surface area (Å²) >= 11 is 14.9. The summed E-state index contributed by atoms with van der Waals surface area (Å²) < 4.78 is 0. The summed E-state index contributed by atoms with van der Waals surface area (Å²) in [5.74, 6) is 0.665. The Morgan fingerprint density at radius 1 is 1.25 bits per heavy atom. The van der Waals surface area contributed by atoms with Gasteiger partial charge in [0.05, 0.1) is 0 Å². The average molecular weight is 268 g/mol. The molecule has 0 saturated heterocycles. The summed E-state index contributed by atoms with van der Waals surface area (Å²) in [5.41, 5.74) is 1.22. The van der Waals surface area contributed by atoms with Crippen LogP contribution in [0.5, 0.6) is 0 Å². The molecule has 0 radical (unpaired) electrons. The van der Waals surface area contributed by atoms with Gasteiger partial charge in [0, 0.05) is 15.7 Å². The van der Waals surface area contributed by atoms with E-state index in [-0.39, 0.29) is 0 Å². The fourth-order valence-corrected chi connectivity index (χ4v) is 2.08. The summed E-state index contributed by atoms with van der Waals surface area (Å²) in [6, 6.07) is 7.79. The van der Waals surface area contributed by atoms with Crippen molar-refractivity contribution in [1.82, 2.24) is 0 Å². The van der Waals surface area contributed by atoms with E-state index in [1.165, 1.54) is 5.56 Å². The SMILES string of the molecule is ClCC[C@@H](Br)c1ccc(Cl)cc1.